The molecule has 1 aliphatic carbocycles. The average Bonchev–Trinajstić information content (AvgIpc) is 3.06. The van der Waals surface area contributed by atoms with Crippen LogP contribution < -0.4 is 11.1 Å². The summed E-state index contributed by atoms with van der Waals surface area (Å²) in [5, 5.41) is 2.23. The van der Waals surface area contributed by atoms with Crippen LogP contribution >= 0.6 is 15.9 Å². The van der Waals surface area contributed by atoms with E-state index in [0.717, 1.165) is 25.0 Å². The van der Waals surface area contributed by atoms with Crippen molar-refractivity contribution in [3.8, 4) is 0 Å². The number of nitrogens with two attached hydrogens (primary N) is 1. The summed E-state index contributed by atoms with van der Waals surface area (Å²) < 4.78 is 27.4. The van der Waals surface area contributed by atoms with Gasteiger partial charge in [0, 0.05) is 4.47 Å². The number of hydrogen-bond donors (Lipinski definition) is 2. The maximum Gasteiger partial charge on any atom is 0.244 e. The number of amides is 1. The molecule has 98 valence electrons. The van der Waals surface area contributed by atoms with Crippen molar-refractivity contribution in [2.45, 2.75) is 25.3 Å². The van der Waals surface area contributed by atoms with Crippen molar-refractivity contribution in [3.05, 3.63) is 28.2 Å². The third-order valence-electron chi connectivity index (χ3n) is 3.16. The first kappa shape index (κ1) is 13.4. The minimum atomic E-state index is -1.09. The van der Waals surface area contributed by atoms with Gasteiger partial charge in [-0.1, -0.05) is 15.9 Å². The van der Waals surface area contributed by atoms with Crippen LogP contribution in [0.4, 0.5) is 14.5 Å². The summed E-state index contributed by atoms with van der Waals surface area (Å²) in [7, 11) is 0. The van der Waals surface area contributed by atoms with E-state index in [1.54, 1.807) is 6.92 Å². The van der Waals surface area contributed by atoms with E-state index in [2.05, 4.69) is 21.2 Å². The van der Waals surface area contributed by atoms with Crippen LogP contribution in [0.3, 0.4) is 0 Å². The fraction of sp³-hybridized carbons (Fsp3) is 0.417. The molecule has 1 unspecified atom stereocenters. The maximum atomic E-state index is 13.6. The molecule has 3 nitrogen and oxygen atoms in total. The van der Waals surface area contributed by atoms with Crippen LogP contribution in [0.1, 0.15) is 19.8 Å². The molecule has 1 amide bonds. The molecule has 1 aliphatic rings. The van der Waals surface area contributed by atoms with Gasteiger partial charge in [0.1, 0.15) is 5.69 Å². The summed E-state index contributed by atoms with van der Waals surface area (Å²) >= 11 is 2.97. The molecule has 0 spiro atoms. The lowest BCUT2D eigenvalue weighted by atomic mass is 9.96. The number of hydrogen-bond acceptors (Lipinski definition) is 2. The molecule has 1 aromatic rings. The Morgan fingerprint density at radius 3 is 2.39 bits per heavy atom. The van der Waals surface area contributed by atoms with Crippen LogP contribution in [0, 0.1) is 17.6 Å². The molecule has 0 heterocycles. The molecule has 3 N–H and O–H groups in total. The van der Waals surface area contributed by atoms with E-state index >= 15 is 0 Å². The highest BCUT2D eigenvalue weighted by atomic mass is 79.9. The van der Waals surface area contributed by atoms with Crippen molar-refractivity contribution >= 4 is 27.5 Å². The summed E-state index contributed by atoms with van der Waals surface area (Å²) in [6.07, 6.45) is 1.73. The Kier molecular flexibility index (Phi) is 3.42. The van der Waals surface area contributed by atoms with Gasteiger partial charge in [-0.2, -0.15) is 0 Å². The van der Waals surface area contributed by atoms with Crippen molar-refractivity contribution in [2.75, 3.05) is 5.32 Å². The Morgan fingerprint density at radius 2 is 1.94 bits per heavy atom. The molecule has 18 heavy (non-hydrogen) atoms. The molecule has 1 atom stereocenters. The van der Waals surface area contributed by atoms with Crippen molar-refractivity contribution < 1.29 is 13.6 Å². The van der Waals surface area contributed by atoms with E-state index in [4.69, 9.17) is 5.73 Å². The largest absolute Gasteiger partial charge is 0.320 e. The topological polar surface area (TPSA) is 55.1 Å². The summed E-state index contributed by atoms with van der Waals surface area (Å²) in [6, 6.07) is 2.17. The number of rotatable bonds is 3. The highest BCUT2D eigenvalue weighted by Gasteiger charge is 2.44. The summed E-state index contributed by atoms with van der Waals surface area (Å²) in [4.78, 5) is 11.9. The van der Waals surface area contributed by atoms with Gasteiger partial charge >= 0.3 is 0 Å². The van der Waals surface area contributed by atoms with Gasteiger partial charge in [0.05, 0.1) is 5.54 Å². The molecule has 1 aromatic carbocycles. The molecule has 1 fully saturated rings. The summed E-state index contributed by atoms with van der Waals surface area (Å²) in [6.45, 7) is 1.58. The molecular weight excluding hydrogens is 306 g/mol. The van der Waals surface area contributed by atoms with Gasteiger partial charge in [-0.05, 0) is 37.8 Å². The van der Waals surface area contributed by atoms with Crippen molar-refractivity contribution in [1.29, 1.82) is 0 Å². The normalized spacial score (nSPS) is 18.3. The van der Waals surface area contributed by atoms with Crippen LogP contribution in [0.2, 0.25) is 0 Å². The smallest absolute Gasteiger partial charge is 0.244 e. The molecule has 0 aliphatic heterocycles. The first-order valence-electron chi connectivity index (χ1n) is 5.57. The second-order valence-electron chi connectivity index (χ2n) is 4.76. The number of carbonyl (C=O) groups is 1. The monoisotopic (exact) mass is 318 g/mol. The van der Waals surface area contributed by atoms with Crippen molar-refractivity contribution in [3.63, 3.8) is 0 Å². The Bertz CT molecular complexity index is 478. The van der Waals surface area contributed by atoms with Gasteiger partial charge in [0.15, 0.2) is 11.6 Å². The van der Waals surface area contributed by atoms with Crippen LogP contribution in [0.15, 0.2) is 16.6 Å². The molecular formula is C12H13BrF2N2O. The fourth-order valence-corrected chi connectivity index (χ4v) is 2.18. The van der Waals surface area contributed by atoms with Crippen LogP contribution in [0.25, 0.3) is 0 Å². The first-order valence-corrected chi connectivity index (χ1v) is 6.36. The van der Waals surface area contributed by atoms with E-state index in [0.29, 0.717) is 0 Å². The van der Waals surface area contributed by atoms with Gasteiger partial charge in [-0.3, -0.25) is 4.79 Å². The van der Waals surface area contributed by atoms with Crippen molar-refractivity contribution in [1.82, 2.24) is 0 Å². The van der Waals surface area contributed by atoms with Crippen molar-refractivity contribution in [2.24, 2.45) is 11.7 Å². The predicted octanol–water partition coefficient (Wildman–Crippen LogP) is 2.79. The quantitative estimate of drug-likeness (QED) is 0.900. The van der Waals surface area contributed by atoms with Gasteiger partial charge in [-0.25, -0.2) is 8.78 Å². The van der Waals surface area contributed by atoms with Gasteiger partial charge in [0.25, 0.3) is 0 Å². The lowest BCUT2D eigenvalue weighted by Gasteiger charge is -2.23. The predicted molar refractivity (Wildman–Crippen MR) is 68.0 cm³/mol. The molecule has 0 bridgehead atoms. The van der Waals surface area contributed by atoms with Gasteiger partial charge in [-0.15, -0.1) is 0 Å². The Labute approximate surface area is 112 Å². The SMILES string of the molecule is CC(N)(C(=O)Nc1c(F)cc(Br)cc1F)C1CC1. The number of anilines is 1. The zero-order valence-electron chi connectivity index (χ0n) is 9.77. The molecule has 2 rings (SSSR count). The third kappa shape index (κ3) is 2.54. The summed E-state index contributed by atoms with van der Waals surface area (Å²) in [5.74, 6) is -2.15. The molecule has 0 aromatic heterocycles. The Morgan fingerprint density at radius 1 is 1.44 bits per heavy atom. The molecule has 1 saturated carbocycles. The van der Waals surface area contributed by atoms with Gasteiger partial charge in [0.2, 0.25) is 5.91 Å². The van der Waals surface area contributed by atoms with E-state index in [1.807, 2.05) is 0 Å². The van der Waals surface area contributed by atoms with Crippen LogP contribution in [-0.4, -0.2) is 11.4 Å². The lowest BCUT2D eigenvalue weighted by Crippen LogP contribution is -2.50. The third-order valence-corrected chi connectivity index (χ3v) is 3.62. The highest BCUT2D eigenvalue weighted by molar-refractivity contribution is 9.10. The van der Waals surface area contributed by atoms with Gasteiger partial charge < -0.3 is 11.1 Å². The fourth-order valence-electron chi connectivity index (χ4n) is 1.78. The lowest BCUT2D eigenvalue weighted by molar-refractivity contribution is -0.121. The second kappa shape index (κ2) is 4.59. The summed E-state index contributed by atoms with van der Waals surface area (Å²) in [5.41, 5.74) is 4.33. The maximum absolute atomic E-state index is 13.6. The zero-order valence-corrected chi connectivity index (χ0v) is 11.4. The van der Waals surface area contributed by atoms with E-state index in [9.17, 15) is 13.6 Å². The van der Waals surface area contributed by atoms with Crippen LogP contribution in [-0.2, 0) is 4.79 Å². The standard InChI is InChI=1S/C12H13BrF2N2O/c1-12(16,6-2-3-6)11(18)17-10-8(14)4-7(13)5-9(10)15/h4-6H,2-3,16H2,1H3,(H,17,18). The number of nitrogens with one attached hydrogen (secondary N) is 1. The minimum Gasteiger partial charge on any atom is -0.320 e. The first-order chi connectivity index (χ1) is 8.32. The molecule has 0 radical (unpaired) electrons. The Hall–Kier alpha value is -1.01. The molecule has 0 saturated heterocycles. The number of carbonyl (C=O) groups excluding carboxylic acids is 1. The van der Waals surface area contributed by atoms with Crippen LogP contribution in [0.5, 0.6) is 0 Å². The molecule has 6 heteroatoms. The van der Waals surface area contributed by atoms with E-state index in [-0.39, 0.29) is 10.4 Å². The van der Waals surface area contributed by atoms with E-state index < -0.39 is 28.8 Å². The number of benzene rings is 1. The zero-order chi connectivity index (χ0) is 13.5. The minimum absolute atomic E-state index is 0.0825. The average molecular weight is 319 g/mol. The highest BCUT2D eigenvalue weighted by Crippen LogP contribution is 2.38. The second-order valence-corrected chi connectivity index (χ2v) is 5.67. The number of halogens is 3. The van der Waals surface area contributed by atoms with E-state index in [1.165, 1.54) is 0 Å². The Balaban J connectivity index is 2.21.